The Morgan fingerprint density at radius 1 is 0.944 bits per heavy atom. The van der Waals surface area contributed by atoms with Gasteiger partial charge in [0.05, 0.1) is 33.2 Å². The van der Waals surface area contributed by atoms with Crippen molar-refractivity contribution in [3.05, 3.63) is 0 Å². The molecule has 7 heteroatoms. The molecule has 0 spiro atoms. The predicted octanol–water partition coefficient (Wildman–Crippen LogP) is -1.02. The fourth-order valence-corrected chi connectivity index (χ4v) is 1.09. The molecule has 0 unspecified atom stereocenters. The lowest BCUT2D eigenvalue weighted by molar-refractivity contribution is -0.124. The molecule has 0 saturated carbocycles. The van der Waals surface area contributed by atoms with Crippen molar-refractivity contribution in [1.82, 2.24) is 10.6 Å². The summed E-state index contributed by atoms with van der Waals surface area (Å²) in [5, 5.41) is 5.68. The minimum Gasteiger partial charge on any atom is -0.378 e. The van der Waals surface area contributed by atoms with Gasteiger partial charge in [0.15, 0.2) is 0 Å². The van der Waals surface area contributed by atoms with Crippen LogP contribution in [-0.2, 0) is 23.7 Å². The monoisotopic (exact) mass is 264 g/mol. The molecule has 0 aliphatic rings. The Kier molecular flexibility index (Phi) is 13.8. The maximum absolute atomic E-state index is 11.0. The van der Waals surface area contributed by atoms with Gasteiger partial charge in [0, 0.05) is 27.3 Å². The molecule has 0 aromatic rings. The largest absolute Gasteiger partial charge is 0.378 e. The highest BCUT2D eigenvalue weighted by Crippen LogP contribution is 1.78. The van der Waals surface area contributed by atoms with E-state index >= 15 is 0 Å². The molecule has 0 aliphatic carbocycles. The summed E-state index contributed by atoms with van der Waals surface area (Å²) in [7, 11) is 3.11. The molecule has 0 bridgehead atoms. The van der Waals surface area contributed by atoms with E-state index in [-0.39, 0.29) is 12.5 Å². The summed E-state index contributed by atoms with van der Waals surface area (Å²) in [5.74, 6) is -0.137. The van der Waals surface area contributed by atoms with Gasteiger partial charge in [-0.1, -0.05) is 0 Å². The van der Waals surface area contributed by atoms with Gasteiger partial charge >= 0.3 is 0 Å². The Labute approximate surface area is 108 Å². The number of nitrogens with one attached hydrogen (secondary N) is 2. The van der Waals surface area contributed by atoms with Gasteiger partial charge in [-0.05, 0) is 0 Å². The Morgan fingerprint density at radius 2 is 1.61 bits per heavy atom. The summed E-state index contributed by atoms with van der Waals surface area (Å²) >= 11 is 0. The van der Waals surface area contributed by atoms with Crippen LogP contribution in [0.5, 0.6) is 0 Å². The summed E-state index contributed by atoms with van der Waals surface area (Å²) in [4.78, 5) is 11.0. The number of hydrogen-bond donors (Lipinski definition) is 2. The zero-order valence-electron chi connectivity index (χ0n) is 11.2. The second-order valence-electron chi connectivity index (χ2n) is 3.44. The van der Waals surface area contributed by atoms with E-state index < -0.39 is 0 Å². The van der Waals surface area contributed by atoms with Crippen molar-refractivity contribution in [3.63, 3.8) is 0 Å². The van der Waals surface area contributed by atoms with Crippen molar-refractivity contribution in [2.75, 3.05) is 67.1 Å². The van der Waals surface area contributed by atoms with Gasteiger partial charge in [-0.2, -0.15) is 0 Å². The quantitative estimate of drug-likeness (QED) is 0.327. The van der Waals surface area contributed by atoms with Gasteiger partial charge in [0.2, 0.25) is 5.91 Å². The normalized spacial score (nSPS) is 10.6. The molecule has 108 valence electrons. The number of ether oxygens (including phenoxy) is 4. The van der Waals surface area contributed by atoms with E-state index in [4.69, 9.17) is 14.2 Å². The maximum atomic E-state index is 11.0. The van der Waals surface area contributed by atoms with Crippen molar-refractivity contribution in [3.8, 4) is 0 Å². The fourth-order valence-electron chi connectivity index (χ4n) is 1.09. The lowest BCUT2D eigenvalue weighted by Gasteiger charge is -2.07. The van der Waals surface area contributed by atoms with E-state index in [1.807, 2.05) is 0 Å². The minimum absolute atomic E-state index is 0.0809. The van der Waals surface area contributed by atoms with E-state index in [9.17, 15) is 4.79 Å². The lowest BCUT2D eigenvalue weighted by atomic mass is 10.6. The van der Waals surface area contributed by atoms with Crippen molar-refractivity contribution in [2.45, 2.75) is 0 Å². The first-order valence-corrected chi connectivity index (χ1v) is 5.92. The highest BCUT2D eigenvalue weighted by Gasteiger charge is 1.97. The van der Waals surface area contributed by atoms with Crippen molar-refractivity contribution in [1.29, 1.82) is 0 Å². The molecular formula is C11H24N2O5. The van der Waals surface area contributed by atoms with Gasteiger partial charge in [-0.25, -0.2) is 0 Å². The first-order chi connectivity index (χ1) is 8.81. The van der Waals surface area contributed by atoms with E-state index in [1.165, 1.54) is 7.11 Å². The van der Waals surface area contributed by atoms with Gasteiger partial charge in [0.25, 0.3) is 0 Å². The molecule has 18 heavy (non-hydrogen) atoms. The van der Waals surface area contributed by atoms with Crippen LogP contribution in [0, 0.1) is 0 Å². The number of carbonyl (C=O) groups is 1. The molecule has 0 rings (SSSR count). The summed E-state index contributed by atoms with van der Waals surface area (Å²) in [6.07, 6.45) is 0. The highest BCUT2D eigenvalue weighted by atomic mass is 16.5. The zero-order valence-corrected chi connectivity index (χ0v) is 11.2. The average molecular weight is 264 g/mol. The number of hydrogen-bond acceptors (Lipinski definition) is 6. The summed E-state index contributed by atoms with van der Waals surface area (Å²) in [6.45, 7) is 4.00. The van der Waals surface area contributed by atoms with Gasteiger partial charge < -0.3 is 24.3 Å². The van der Waals surface area contributed by atoms with Crippen LogP contribution in [0.3, 0.4) is 0 Å². The van der Waals surface area contributed by atoms with Gasteiger partial charge in [0.1, 0.15) is 6.61 Å². The first-order valence-electron chi connectivity index (χ1n) is 5.92. The third-order valence-corrected chi connectivity index (χ3v) is 1.89. The number of amides is 1. The Balaban J connectivity index is 3.01. The van der Waals surface area contributed by atoms with Crippen molar-refractivity contribution in [2.24, 2.45) is 0 Å². The van der Waals surface area contributed by atoms with Gasteiger partial charge in [-0.3, -0.25) is 10.1 Å². The average Bonchev–Trinajstić information content (AvgIpc) is 2.36. The molecule has 0 radical (unpaired) electrons. The summed E-state index contributed by atoms with van der Waals surface area (Å²) in [6, 6.07) is 0. The van der Waals surface area contributed by atoms with E-state index in [1.54, 1.807) is 7.11 Å². The first kappa shape index (κ1) is 17.3. The Morgan fingerprint density at radius 3 is 2.22 bits per heavy atom. The van der Waals surface area contributed by atoms with Crippen LogP contribution in [0.25, 0.3) is 0 Å². The van der Waals surface area contributed by atoms with Gasteiger partial charge in [-0.15, -0.1) is 0 Å². The summed E-state index contributed by atoms with van der Waals surface area (Å²) < 4.78 is 20.0. The van der Waals surface area contributed by atoms with E-state index in [0.29, 0.717) is 39.7 Å². The van der Waals surface area contributed by atoms with Crippen LogP contribution in [0.4, 0.5) is 0 Å². The Hall–Kier alpha value is -0.730. The summed E-state index contributed by atoms with van der Waals surface area (Å²) in [5.41, 5.74) is 0. The number of methoxy groups -OCH3 is 2. The number of rotatable bonds is 13. The second-order valence-corrected chi connectivity index (χ2v) is 3.44. The van der Waals surface area contributed by atoms with Crippen LogP contribution >= 0.6 is 0 Å². The molecule has 0 saturated heterocycles. The SMILES string of the molecule is COCNCCOCCOCCNC(=O)COC. The minimum atomic E-state index is -0.137. The van der Waals surface area contributed by atoms with E-state index in [0.717, 1.165) is 6.54 Å². The Bertz CT molecular complexity index is 192. The topological polar surface area (TPSA) is 78.0 Å². The van der Waals surface area contributed by atoms with Crippen LogP contribution in [0.2, 0.25) is 0 Å². The molecule has 7 nitrogen and oxygen atoms in total. The van der Waals surface area contributed by atoms with Crippen LogP contribution in [-0.4, -0.2) is 73.0 Å². The van der Waals surface area contributed by atoms with E-state index in [2.05, 4.69) is 15.4 Å². The highest BCUT2D eigenvalue weighted by molar-refractivity contribution is 5.77. The third kappa shape index (κ3) is 13.3. The van der Waals surface area contributed by atoms with Crippen LogP contribution < -0.4 is 10.6 Å². The second kappa shape index (κ2) is 14.3. The zero-order chi connectivity index (χ0) is 13.5. The molecule has 1 amide bonds. The molecular weight excluding hydrogens is 240 g/mol. The molecule has 0 aromatic heterocycles. The van der Waals surface area contributed by atoms with Crippen LogP contribution in [0.1, 0.15) is 0 Å². The molecule has 2 N–H and O–H groups in total. The number of carbonyl (C=O) groups excluding carboxylic acids is 1. The van der Waals surface area contributed by atoms with Crippen molar-refractivity contribution < 1.29 is 23.7 Å². The fraction of sp³-hybridized carbons (Fsp3) is 0.909. The lowest BCUT2D eigenvalue weighted by Crippen LogP contribution is -2.30. The molecule has 0 heterocycles. The maximum Gasteiger partial charge on any atom is 0.246 e. The molecule has 0 fully saturated rings. The third-order valence-electron chi connectivity index (χ3n) is 1.89. The predicted molar refractivity (Wildman–Crippen MR) is 66.4 cm³/mol. The molecule has 0 aromatic carbocycles. The van der Waals surface area contributed by atoms with Crippen molar-refractivity contribution >= 4 is 5.91 Å². The van der Waals surface area contributed by atoms with Crippen LogP contribution in [0.15, 0.2) is 0 Å². The molecule has 0 atom stereocenters. The molecule has 0 aliphatic heterocycles. The smallest absolute Gasteiger partial charge is 0.246 e. The standard InChI is InChI=1S/C11H24N2O5/c1-15-9-11(14)13-4-6-18-8-7-17-5-3-12-10-16-2/h12H,3-10H2,1-2H3,(H,13,14).